The second-order valence-corrected chi connectivity index (χ2v) is 8.91. The van der Waals surface area contributed by atoms with E-state index in [0.29, 0.717) is 33.3 Å². The number of likely N-dealkylation sites (N-methyl/N-ethyl adjacent to an activating group) is 1. The highest BCUT2D eigenvalue weighted by molar-refractivity contribution is 6.30. The minimum atomic E-state index is -0.323. The summed E-state index contributed by atoms with van der Waals surface area (Å²) < 4.78 is 6.81. The summed E-state index contributed by atoms with van der Waals surface area (Å²) >= 11 is 6.24. The molecule has 0 radical (unpaired) electrons. The van der Waals surface area contributed by atoms with Gasteiger partial charge >= 0.3 is 6.15 Å². The number of anilines is 1. The van der Waals surface area contributed by atoms with Crippen LogP contribution in [0.1, 0.15) is 18.4 Å². The van der Waals surface area contributed by atoms with Crippen molar-refractivity contribution >= 4 is 51.2 Å². The molecule has 9 nitrogen and oxygen atoms in total. The number of benzene rings is 3. The van der Waals surface area contributed by atoms with E-state index in [1.54, 1.807) is 50.4 Å². The van der Waals surface area contributed by atoms with Crippen molar-refractivity contribution in [2.24, 2.45) is 0 Å². The van der Waals surface area contributed by atoms with Crippen LogP contribution in [-0.4, -0.2) is 33.9 Å². The first kappa shape index (κ1) is 26.5. The van der Waals surface area contributed by atoms with Crippen LogP contribution in [0.5, 0.6) is 0 Å². The fourth-order valence-electron chi connectivity index (χ4n) is 4.12. The molecule has 5 rings (SSSR count). The van der Waals surface area contributed by atoms with Gasteiger partial charge in [-0.1, -0.05) is 36.7 Å². The van der Waals surface area contributed by atoms with E-state index < -0.39 is 0 Å². The molecule has 5 aromatic rings. The van der Waals surface area contributed by atoms with Crippen molar-refractivity contribution < 1.29 is 18.8 Å². The third-order valence-corrected chi connectivity index (χ3v) is 6.29. The highest BCUT2D eigenvalue weighted by Gasteiger charge is 2.18. The van der Waals surface area contributed by atoms with Crippen molar-refractivity contribution in [1.29, 1.82) is 0 Å². The topological polar surface area (TPSA) is 115 Å². The predicted molar refractivity (Wildman–Crippen MR) is 143 cm³/mol. The highest BCUT2D eigenvalue weighted by atomic mass is 35.5. The smallest absolute Gasteiger partial charge is 0.373 e. The molecule has 10 heteroatoms. The average Bonchev–Trinajstić information content (AvgIpc) is 3.29. The third kappa shape index (κ3) is 5.39. The van der Waals surface area contributed by atoms with Crippen molar-refractivity contribution in [3.05, 3.63) is 87.5 Å². The molecule has 0 aliphatic heterocycles. The number of halogens is 1. The summed E-state index contributed by atoms with van der Waals surface area (Å²) in [7, 11) is 1.66. The first-order valence-electron chi connectivity index (χ1n) is 11.7. The fraction of sp³-hybridized carbons (Fsp3) is 0.179. The number of carbonyl (C=O) groups excluding carboxylic acids is 3. The molecule has 0 atom stereocenters. The summed E-state index contributed by atoms with van der Waals surface area (Å²) in [5.74, 6) is 0.259. The Morgan fingerprint density at radius 1 is 1.08 bits per heavy atom. The monoisotopic (exact) mass is 530 g/mol. The zero-order valence-electron chi connectivity index (χ0n) is 20.9. The molecule has 0 N–H and O–H groups in total. The molecule has 1 amide bonds. The normalized spacial score (nSPS) is 10.6. The molecule has 0 aliphatic carbocycles. The average molecular weight is 531 g/mol. The minimum Gasteiger partial charge on any atom is -0.441 e. The second kappa shape index (κ2) is 11.2. The number of nitrogens with zero attached hydrogens (tertiary/aromatic N) is 4. The SMILES string of the molecule is CCc1ccc2c(=O)n(CC(=O)N(C)c3ccc4nc(C)oc4c3)nc(-c3cccc(Cl)c3)c2c1.O=C=O. The lowest BCUT2D eigenvalue weighted by Gasteiger charge is -2.18. The van der Waals surface area contributed by atoms with Crippen LogP contribution in [0.4, 0.5) is 5.69 Å². The molecule has 0 fully saturated rings. The molecule has 0 aliphatic rings. The van der Waals surface area contributed by atoms with Crippen molar-refractivity contribution in [2.45, 2.75) is 26.8 Å². The van der Waals surface area contributed by atoms with Gasteiger partial charge in [-0.15, -0.1) is 0 Å². The Hall–Kier alpha value is -4.59. The second-order valence-electron chi connectivity index (χ2n) is 8.48. The lowest BCUT2D eigenvalue weighted by molar-refractivity contribution is -0.191. The van der Waals surface area contributed by atoms with Crippen LogP contribution < -0.4 is 10.5 Å². The summed E-state index contributed by atoms with van der Waals surface area (Å²) in [4.78, 5) is 48.6. The maximum Gasteiger partial charge on any atom is 0.373 e. The molecule has 0 saturated carbocycles. The van der Waals surface area contributed by atoms with Gasteiger partial charge in [-0.05, 0) is 48.4 Å². The predicted octanol–water partition coefficient (Wildman–Crippen LogP) is 4.81. The molecular formula is C28H23ClN4O5. The van der Waals surface area contributed by atoms with Gasteiger partial charge < -0.3 is 9.32 Å². The Labute approximate surface area is 222 Å². The number of hydrogen-bond acceptors (Lipinski definition) is 7. The van der Waals surface area contributed by atoms with E-state index >= 15 is 0 Å². The minimum absolute atomic E-state index is 0.220. The van der Waals surface area contributed by atoms with Gasteiger partial charge in [0.1, 0.15) is 12.1 Å². The molecule has 3 aromatic carbocycles. The van der Waals surface area contributed by atoms with E-state index in [-0.39, 0.29) is 24.2 Å². The van der Waals surface area contributed by atoms with Gasteiger partial charge in [-0.2, -0.15) is 14.7 Å². The van der Waals surface area contributed by atoms with Crippen LogP contribution in [0.15, 0.2) is 69.9 Å². The van der Waals surface area contributed by atoms with Crippen molar-refractivity contribution in [1.82, 2.24) is 14.8 Å². The van der Waals surface area contributed by atoms with E-state index in [2.05, 4.69) is 17.0 Å². The Morgan fingerprint density at radius 3 is 2.55 bits per heavy atom. The largest absolute Gasteiger partial charge is 0.441 e. The Bertz CT molecular complexity index is 1750. The number of amides is 1. The van der Waals surface area contributed by atoms with Crippen LogP contribution >= 0.6 is 11.6 Å². The molecule has 0 spiro atoms. The molecular weight excluding hydrogens is 508 g/mol. The van der Waals surface area contributed by atoms with E-state index in [0.717, 1.165) is 28.5 Å². The molecule has 0 unspecified atom stereocenters. The number of oxazole rings is 1. The number of fused-ring (bicyclic) bond motifs is 2. The van der Waals surface area contributed by atoms with E-state index in [9.17, 15) is 9.59 Å². The highest BCUT2D eigenvalue weighted by Crippen LogP contribution is 2.28. The summed E-state index contributed by atoms with van der Waals surface area (Å²) in [5, 5.41) is 6.43. The van der Waals surface area contributed by atoms with Gasteiger partial charge in [-0.25, -0.2) is 9.67 Å². The quantitative estimate of drug-likeness (QED) is 0.320. The number of hydrogen-bond donors (Lipinski definition) is 0. The van der Waals surface area contributed by atoms with Gasteiger partial charge in [-0.3, -0.25) is 9.59 Å². The third-order valence-electron chi connectivity index (χ3n) is 6.06. The summed E-state index contributed by atoms with van der Waals surface area (Å²) in [6.45, 7) is 3.61. The zero-order valence-corrected chi connectivity index (χ0v) is 21.7. The van der Waals surface area contributed by atoms with Crippen molar-refractivity contribution in [2.75, 3.05) is 11.9 Å². The van der Waals surface area contributed by atoms with E-state index in [1.807, 2.05) is 24.3 Å². The molecule has 38 heavy (non-hydrogen) atoms. The number of carbonyl (C=O) groups is 1. The van der Waals surface area contributed by atoms with Crippen LogP contribution in [-0.2, 0) is 27.3 Å². The maximum atomic E-state index is 13.3. The van der Waals surface area contributed by atoms with Gasteiger partial charge in [0.25, 0.3) is 5.56 Å². The maximum absolute atomic E-state index is 13.3. The van der Waals surface area contributed by atoms with E-state index in [4.69, 9.17) is 25.6 Å². The zero-order chi connectivity index (χ0) is 27.4. The van der Waals surface area contributed by atoms with E-state index in [1.165, 1.54) is 9.58 Å². The van der Waals surface area contributed by atoms with Crippen LogP contribution in [0.3, 0.4) is 0 Å². The van der Waals surface area contributed by atoms with Gasteiger partial charge in [0.15, 0.2) is 11.5 Å². The Kier molecular flexibility index (Phi) is 7.81. The summed E-state index contributed by atoms with van der Waals surface area (Å²) in [6, 6.07) is 18.4. The van der Waals surface area contributed by atoms with Crippen molar-refractivity contribution in [3.63, 3.8) is 0 Å². The number of rotatable bonds is 5. The molecule has 0 bridgehead atoms. The lowest BCUT2D eigenvalue weighted by atomic mass is 10.0. The molecule has 2 aromatic heterocycles. The van der Waals surface area contributed by atoms with Gasteiger partial charge in [0.05, 0.1) is 11.1 Å². The Morgan fingerprint density at radius 2 is 1.84 bits per heavy atom. The van der Waals surface area contributed by atoms with Crippen LogP contribution in [0.2, 0.25) is 5.02 Å². The molecule has 192 valence electrons. The van der Waals surface area contributed by atoms with Crippen LogP contribution in [0, 0.1) is 6.92 Å². The summed E-state index contributed by atoms with van der Waals surface area (Å²) in [6.07, 6.45) is 1.08. The number of aryl methyl sites for hydroxylation is 2. The number of aromatic nitrogens is 3. The standard InChI is InChI=1S/C27H23ClN4O3.CO2/c1-4-17-8-10-21-22(12-17)26(18-6-5-7-19(28)13-18)30-32(27(21)34)15-25(33)31(3)20-9-11-23-24(14-20)35-16(2)29-23;2-1-3/h5-14H,4,15H2,1-3H3;. The van der Waals surface area contributed by atoms with Gasteiger partial charge in [0.2, 0.25) is 5.91 Å². The van der Waals surface area contributed by atoms with Crippen molar-refractivity contribution in [3.8, 4) is 11.3 Å². The summed E-state index contributed by atoms with van der Waals surface area (Å²) in [5.41, 5.74) is 4.09. The lowest BCUT2D eigenvalue weighted by Crippen LogP contribution is -2.35. The molecule has 2 heterocycles. The van der Waals surface area contributed by atoms with Crippen LogP contribution in [0.25, 0.3) is 33.1 Å². The first-order valence-corrected chi connectivity index (χ1v) is 12.1. The molecule has 0 saturated heterocycles. The fourth-order valence-corrected chi connectivity index (χ4v) is 4.31. The Balaban J connectivity index is 0.00000107. The van der Waals surface area contributed by atoms with Gasteiger partial charge in [0, 0.05) is 41.7 Å². The first-order chi connectivity index (χ1) is 18.2.